The van der Waals surface area contributed by atoms with Crippen LogP contribution < -0.4 is 0 Å². The molecule has 18 heavy (non-hydrogen) atoms. The number of hydrogen-bond acceptors (Lipinski definition) is 3. The summed E-state index contributed by atoms with van der Waals surface area (Å²) in [5.41, 5.74) is 1.00. The topological polar surface area (TPSA) is 35.9 Å². The normalized spacial score (nSPS) is 17.2. The van der Waals surface area contributed by atoms with Crippen molar-refractivity contribution in [1.82, 2.24) is 9.80 Å². The highest BCUT2D eigenvalue weighted by molar-refractivity contribution is 8.02. The van der Waals surface area contributed by atoms with Crippen LogP contribution in [0.4, 0.5) is 0 Å². The van der Waals surface area contributed by atoms with Crippen LogP contribution in [-0.2, 0) is 4.79 Å². The average Bonchev–Trinajstić information content (AvgIpc) is 2.88. The zero-order valence-electron chi connectivity index (χ0n) is 11.8. The molecule has 0 aliphatic carbocycles. The van der Waals surface area contributed by atoms with E-state index in [1.807, 2.05) is 37.0 Å². The van der Waals surface area contributed by atoms with Crippen molar-refractivity contribution < 1.29 is 4.79 Å². The van der Waals surface area contributed by atoms with Crippen molar-refractivity contribution in [2.24, 2.45) is 4.99 Å². The van der Waals surface area contributed by atoms with Gasteiger partial charge in [0, 0.05) is 30.7 Å². The summed E-state index contributed by atoms with van der Waals surface area (Å²) in [6, 6.07) is 0. The van der Waals surface area contributed by atoms with E-state index in [-0.39, 0.29) is 5.91 Å². The van der Waals surface area contributed by atoms with Crippen molar-refractivity contribution in [3.05, 3.63) is 10.6 Å². The number of rotatable bonds is 5. The summed E-state index contributed by atoms with van der Waals surface area (Å²) >= 11 is 1.69. The number of nitrogens with zero attached hydrogens (tertiary/aromatic N) is 3. The van der Waals surface area contributed by atoms with E-state index in [0.29, 0.717) is 6.54 Å². The second kappa shape index (κ2) is 7.46. The van der Waals surface area contributed by atoms with Crippen molar-refractivity contribution in [1.29, 1.82) is 0 Å². The van der Waals surface area contributed by atoms with Crippen molar-refractivity contribution in [3.63, 3.8) is 0 Å². The molecule has 1 aliphatic heterocycles. The summed E-state index contributed by atoms with van der Waals surface area (Å²) in [5, 5.41) is 0. The summed E-state index contributed by atoms with van der Waals surface area (Å²) in [6.45, 7) is 6.27. The fourth-order valence-electron chi connectivity index (χ4n) is 1.74. The molecule has 1 heterocycles. The zero-order valence-corrected chi connectivity index (χ0v) is 12.6. The van der Waals surface area contributed by atoms with Crippen molar-refractivity contribution in [2.75, 3.05) is 32.9 Å². The first-order valence-corrected chi connectivity index (χ1v) is 7.50. The Kier molecular flexibility index (Phi) is 6.25. The van der Waals surface area contributed by atoms with Crippen LogP contribution in [0.5, 0.6) is 0 Å². The van der Waals surface area contributed by atoms with Gasteiger partial charge in [-0.3, -0.25) is 4.79 Å². The van der Waals surface area contributed by atoms with Gasteiger partial charge in [-0.2, -0.15) is 0 Å². The van der Waals surface area contributed by atoms with Gasteiger partial charge in [-0.15, -0.1) is 11.8 Å². The van der Waals surface area contributed by atoms with Gasteiger partial charge in [0.15, 0.2) is 0 Å². The molecule has 1 saturated heterocycles. The first-order valence-electron chi connectivity index (χ1n) is 6.28. The molecular formula is C13H23N3OS. The Morgan fingerprint density at radius 3 is 2.56 bits per heavy atom. The number of thioether (sulfide) groups is 1. The van der Waals surface area contributed by atoms with Crippen LogP contribution in [0.3, 0.4) is 0 Å². The fraction of sp³-hybridized carbons (Fsp3) is 0.692. The smallest absolute Gasteiger partial charge is 0.242 e. The third kappa shape index (κ3) is 4.72. The summed E-state index contributed by atoms with van der Waals surface area (Å²) in [6.07, 6.45) is 6.05. The van der Waals surface area contributed by atoms with E-state index in [1.54, 1.807) is 18.1 Å². The molecule has 0 spiro atoms. The monoisotopic (exact) mass is 269 g/mol. The van der Waals surface area contributed by atoms with E-state index < -0.39 is 0 Å². The molecule has 1 fully saturated rings. The Hall–Kier alpha value is -0.970. The van der Waals surface area contributed by atoms with E-state index in [9.17, 15) is 4.79 Å². The molecule has 5 heteroatoms. The first kappa shape index (κ1) is 15.1. The van der Waals surface area contributed by atoms with Gasteiger partial charge in [-0.25, -0.2) is 4.99 Å². The molecule has 0 N–H and O–H groups in total. The fourth-order valence-corrected chi connectivity index (χ4v) is 2.09. The molecule has 0 saturated carbocycles. The predicted molar refractivity (Wildman–Crippen MR) is 78.8 cm³/mol. The number of carbonyl (C=O) groups is 1. The standard InChI is InChI=1S/C13H23N3OS/c1-11(12(2)18-4)14-10-15(3)9-13(17)16-7-5-6-8-16/h10H,5-9H2,1-4H3/b12-11+,14-10-. The van der Waals surface area contributed by atoms with Gasteiger partial charge >= 0.3 is 0 Å². The van der Waals surface area contributed by atoms with Crippen molar-refractivity contribution >= 4 is 24.0 Å². The van der Waals surface area contributed by atoms with Gasteiger partial charge in [-0.05, 0) is 32.9 Å². The van der Waals surface area contributed by atoms with Gasteiger partial charge < -0.3 is 9.80 Å². The van der Waals surface area contributed by atoms with E-state index in [4.69, 9.17) is 0 Å². The first-order chi connectivity index (χ1) is 8.54. The van der Waals surface area contributed by atoms with Gasteiger partial charge in [0.2, 0.25) is 5.91 Å². The van der Waals surface area contributed by atoms with E-state index >= 15 is 0 Å². The lowest BCUT2D eigenvalue weighted by Crippen LogP contribution is -2.36. The second-order valence-electron chi connectivity index (χ2n) is 4.59. The SMILES string of the molecule is CS/C(C)=C(C)/N=C\N(C)CC(=O)N1CCCC1. The summed E-state index contributed by atoms with van der Waals surface area (Å²) in [7, 11) is 1.89. The molecule has 102 valence electrons. The maximum atomic E-state index is 11.9. The summed E-state index contributed by atoms with van der Waals surface area (Å²) in [4.78, 5) is 21.2. The van der Waals surface area contributed by atoms with Gasteiger partial charge in [0.25, 0.3) is 0 Å². The lowest BCUT2D eigenvalue weighted by atomic mass is 10.4. The van der Waals surface area contributed by atoms with Crippen LogP contribution in [0.2, 0.25) is 0 Å². The van der Waals surface area contributed by atoms with Crippen LogP contribution in [0, 0.1) is 0 Å². The number of likely N-dealkylation sites (N-methyl/N-ethyl adjacent to an activating group) is 1. The molecule has 0 bridgehead atoms. The molecule has 0 unspecified atom stereocenters. The predicted octanol–water partition coefficient (Wildman–Crippen LogP) is 2.18. The second-order valence-corrected chi connectivity index (χ2v) is 5.61. The van der Waals surface area contributed by atoms with Crippen molar-refractivity contribution in [3.8, 4) is 0 Å². The molecule has 0 radical (unpaired) electrons. The van der Waals surface area contributed by atoms with E-state index in [0.717, 1.165) is 31.6 Å². The van der Waals surface area contributed by atoms with E-state index in [2.05, 4.69) is 4.99 Å². The molecule has 0 aromatic carbocycles. The number of hydrogen-bond donors (Lipinski definition) is 0. The Morgan fingerprint density at radius 2 is 2.00 bits per heavy atom. The molecule has 1 aliphatic rings. The van der Waals surface area contributed by atoms with Crippen LogP contribution in [0.1, 0.15) is 26.7 Å². The Labute approximate surface area is 114 Å². The van der Waals surface area contributed by atoms with Crippen molar-refractivity contribution in [2.45, 2.75) is 26.7 Å². The number of allylic oxidation sites excluding steroid dienone is 2. The van der Waals surface area contributed by atoms with Crippen LogP contribution in [0.15, 0.2) is 15.6 Å². The zero-order chi connectivity index (χ0) is 13.5. The number of carbonyl (C=O) groups excluding carboxylic acids is 1. The van der Waals surface area contributed by atoms with Crippen LogP contribution >= 0.6 is 11.8 Å². The molecular weight excluding hydrogens is 246 g/mol. The molecule has 0 aromatic heterocycles. The maximum Gasteiger partial charge on any atom is 0.242 e. The minimum atomic E-state index is 0.199. The Bertz CT molecular complexity index is 346. The minimum Gasteiger partial charge on any atom is -0.356 e. The molecule has 4 nitrogen and oxygen atoms in total. The number of likely N-dealkylation sites (tertiary alicyclic amines) is 1. The number of amides is 1. The number of aliphatic imine (C=N–C) groups is 1. The third-order valence-electron chi connectivity index (χ3n) is 3.11. The Morgan fingerprint density at radius 1 is 1.39 bits per heavy atom. The largest absolute Gasteiger partial charge is 0.356 e. The summed E-state index contributed by atoms with van der Waals surface area (Å²) < 4.78 is 0. The van der Waals surface area contributed by atoms with Crippen LogP contribution in [0.25, 0.3) is 0 Å². The van der Waals surface area contributed by atoms with E-state index in [1.165, 1.54) is 4.91 Å². The van der Waals surface area contributed by atoms with Crippen LogP contribution in [-0.4, -0.2) is 55.0 Å². The lowest BCUT2D eigenvalue weighted by molar-refractivity contribution is -0.130. The highest BCUT2D eigenvalue weighted by Crippen LogP contribution is 2.15. The minimum absolute atomic E-state index is 0.199. The van der Waals surface area contributed by atoms with Gasteiger partial charge in [0.05, 0.1) is 12.9 Å². The summed E-state index contributed by atoms with van der Waals surface area (Å²) in [5.74, 6) is 0.199. The third-order valence-corrected chi connectivity index (χ3v) is 4.02. The molecule has 0 atom stereocenters. The van der Waals surface area contributed by atoms with Gasteiger partial charge in [0.1, 0.15) is 0 Å². The molecule has 1 amide bonds. The Balaban J connectivity index is 2.43. The quantitative estimate of drug-likeness (QED) is 0.567. The highest BCUT2D eigenvalue weighted by atomic mass is 32.2. The lowest BCUT2D eigenvalue weighted by Gasteiger charge is -2.19. The molecule has 0 aromatic rings. The van der Waals surface area contributed by atoms with Gasteiger partial charge in [-0.1, -0.05) is 0 Å². The molecule has 1 rings (SSSR count). The highest BCUT2D eigenvalue weighted by Gasteiger charge is 2.18. The average molecular weight is 269 g/mol. The maximum absolute atomic E-state index is 11.9.